The van der Waals surface area contributed by atoms with E-state index in [1.54, 1.807) is 0 Å². The number of amides is 1. The number of hydrogen-bond donors (Lipinski definition) is 0. The highest BCUT2D eigenvalue weighted by Crippen LogP contribution is 2.25. The van der Waals surface area contributed by atoms with Crippen LogP contribution in [0.2, 0.25) is 0 Å². The number of hydrogen-bond acceptors (Lipinski definition) is 4. The highest BCUT2D eigenvalue weighted by atomic mass is 16.2. The second-order valence-corrected chi connectivity index (χ2v) is 8.14. The predicted octanol–water partition coefficient (Wildman–Crippen LogP) is 3.69. The molecule has 0 unspecified atom stereocenters. The Morgan fingerprint density at radius 2 is 1.71 bits per heavy atom. The van der Waals surface area contributed by atoms with Crippen molar-refractivity contribution in [2.45, 2.75) is 47.5 Å². The van der Waals surface area contributed by atoms with E-state index in [1.165, 1.54) is 16.7 Å². The summed E-state index contributed by atoms with van der Waals surface area (Å²) < 4.78 is 0. The van der Waals surface area contributed by atoms with Gasteiger partial charge in [-0.15, -0.1) is 0 Å². The van der Waals surface area contributed by atoms with Gasteiger partial charge in [0.05, 0.1) is 0 Å². The largest absolute Gasteiger partial charge is 0.354 e. The number of carbonyl (C=O) groups is 1. The Morgan fingerprint density at radius 1 is 1.00 bits per heavy atom. The first-order chi connectivity index (χ1) is 13.3. The minimum absolute atomic E-state index is 0.0483. The van der Waals surface area contributed by atoms with E-state index in [0.717, 1.165) is 56.4 Å². The third-order valence-electron chi connectivity index (χ3n) is 5.41. The van der Waals surface area contributed by atoms with Crippen molar-refractivity contribution in [3.8, 4) is 0 Å². The molecule has 2 heterocycles. The van der Waals surface area contributed by atoms with Crippen molar-refractivity contribution in [1.29, 1.82) is 0 Å². The lowest BCUT2D eigenvalue weighted by molar-refractivity contribution is -0.134. The number of rotatable bonds is 4. The smallest absolute Gasteiger partial charge is 0.225 e. The fourth-order valence-corrected chi connectivity index (χ4v) is 3.81. The highest BCUT2D eigenvalue weighted by Gasteiger charge is 2.24. The van der Waals surface area contributed by atoms with E-state index in [0.29, 0.717) is 0 Å². The average molecular weight is 381 g/mol. The molecule has 1 aromatic heterocycles. The van der Waals surface area contributed by atoms with Crippen LogP contribution in [-0.4, -0.2) is 47.0 Å². The van der Waals surface area contributed by atoms with E-state index in [4.69, 9.17) is 4.98 Å². The summed E-state index contributed by atoms with van der Waals surface area (Å²) in [7, 11) is 0. The minimum Gasteiger partial charge on any atom is -0.354 e. The molecule has 1 saturated heterocycles. The van der Waals surface area contributed by atoms with Gasteiger partial charge in [0.1, 0.15) is 11.6 Å². The van der Waals surface area contributed by atoms with Crippen molar-refractivity contribution in [2.24, 2.45) is 5.92 Å². The van der Waals surface area contributed by atoms with Crippen molar-refractivity contribution < 1.29 is 4.79 Å². The molecule has 0 radical (unpaired) electrons. The summed E-state index contributed by atoms with van der Waals surface area (Å²) in [5, 5.41) is 0. The number of benzene rings is 1. The average Bonchev–Trinajstić information content (AvgIpc) is 2.90. The van der Waals surface area contributed by atoms with E-state index in [1.807, 2.05) is 25.7 Å². The van der Waals surface area contributed by atoms with E-state index in [9.17, 15) is 4.79 Å². The molecule has 5 nitrogen and oxygen atoms in total. The van der Waals surface area contributed by atoms with Gasteiger partial charge in [-0.2, -0.15) is 0 Å². The zero-order chi connectivity index (χ0) is 20.3. The van der Waals surface area contributed by atoms with Gasteiger partial charge < -0.3 is 9.80 Å². The van der Waals surface area contributed by atoms with Crippen LogP contribution in [0, 0.1) is 26.7 Å². The van der Waals surface area contributed by atoms with Crippen LogP contribution < -0.4 is 4.90 Å². The Kier molecular flexibility index (Phi) is 6.32. The molecule has 0 bridgehead atoms. The number of aryl methyl sites for hydroxylation is 3. The third-order valence-corrected chi connectivity index (χ3v) is 5.41. The Morgan fingerprint density at radius 3 is 2.39 bits per heavy atom. The molecule has 0 saturated carbocycles. The maximum absolute atomic E-state index is 12.4. The Bertz CT molecular complexity index is 829. The third kappa shape index (κ3) is 4.70. The maximum Gasteiger partial charge on any atom is 0.225 e. The SMILES string of the molecule is Cc1ccc(Cc2c(C)nc(C)nc2N2CCCN(C(=O)C(C)C)CC2)cc1. The first kappa shape index (κ1) is 20.3. The summed E-state index contributed by atoms with van der Waals surface area (Å²) in [6, 6.07) is 8.68. The van der Waals surface area contributed by atoms with Crippen LogP contribution in [-0.2, 0) is 11.2 Å². The van der Waals surface area contributed by atoms with Gasteiger partial charge >= 0.3 is 0 Å². The predicted molar refractivity (Wildman–Crippen MR) is 114 cm³/mol. The monoisotopic (exact) mass is 380 g/mol. The van der Waals surface area contributed by atoms with Gasteiger partial charge in [-0.3, -0.25) is 4.79 Å². The van der Waals surface area contributed by atoms with Gasteiger partial charge in [-0.1, -0.05) is 43.7 Å². The van der Waals surface area contributed by atoms with Crippen LogP contribution in [0.15, 0.2) is 24.3 Å². The Balaban J connectivity index is 1.86. The lowest BCUT2D eigenvalue weighted by Crippen LogP contribution is -2.37. The zero-order valence-electron chi connectivity index (χ0n) is 17.8. The van der Waals surface area contributed by atoms with Crippen LogP contribution >= 0.6 is 0 Å². The topological polar surface area (TPSA) is 49.3 Å². The molecule has 28 heavy (non-hydrogen) atoms. The molecule has 2 aromatic rings. The first-order valence-corrected chi connectivity index (χ1v) is 10.3. The first-order valence-electron chi connectivity index (χ1n) is 10.3. The molecule has 1 aromatic carbocycles. The van der Waals surface area contributed by atoms with Gasteiger partial charge in [0.15, 0.2) is 0 Å². The standard InChI is InChI=1S/C23H32N4O/c1-16(2)23(28)27-12-6-11-26(13-14-27)22-21(18(4)24-19(5)25-22)15-20-9-7-17(3)8-10-20/h7-10,16H,6,11-15H2,1-5H3. The van der Waals surface area contributed by atoms with E-state index in [2.05, 4.69) is 48.0 Å². The second-order valence-electron chi connectivity index (χ2n) is 8.14. The van der Waals surface area contributed by atoms with Crippen molar-refractivity contribution in [1.82, 2.24) is 14.9 Å². The van der Waals surface area contributed by atoms with Crippen LogP contribution in [0.25, 0.3) is 0 Å². The van der Waals surface area contributed by atoms with Gasteiger partial charge in [0.25, 0.3) is 0 Å². The van der Waals surface area contributed by atoms with Gasteiger partial charge in [-0.25, -0.2) is 9.97 Å². The highest BCUT2D eigenvalue weighted by molar-refractivity contribution is 5.78. The van der Waals surface area contributed by atoms with Crippen LogP contribution in [0.4, 0.5) is 5.82 Å². The molecule has 1 aliphatic rings. The summed E-state index contributed by atoms with van der Waals surface area (Å²) in [6.45, 7) is 13.4. The Hall–Kier alpha value is -2.43. The zero-order valence-corrected chi connectivity index (χ0v) is 17.8. The summed E-state index contributed by atoms with van der Waals surface area (Å²) in [4.78, 5) is 26.2. The number of aromatic nitrogens is 2. The Labute approximate surface area is 168 Å². The molecular weight excluding hydrogens is 348 g/mol. The summed E-state index contributed by atoms with van der Waals surface area (Å²) in [6.07, 6.45) is 1.79. The van der Waals surface area contributed by atoms with Crippen LogP contribution in [0.1, 0.15) is 48.5 Å². The molecule has 0 N–H and O–H groups in total. The summed E-state index contributed by atoms with van der Waals surface area (Å²) in [5.41, 5.74) is 4.78. The molecule has 0 spiro atoms. The van der Waals surface area contributed by atoms with Crippen molar-refractivity contribution >= 4 is 11.7 Å². The normalized spacial score (nSPS) is 15.1. The molecule has 1 fully saturated rings. The second kappa shape index (κ2) is 8.72. The summed E-state index contributed by atoms with van der Waals surface area (Å²) in [5.74, 6) is 2.13. The molecule has 5 heteroatoms. The number of carbonyl (C=O) groups excluding carboxylic acids is 1. The molecule has 3 rings (SSSR count). The van der Waals surface area contributed by atoms with Crippen molar-refractivity contribution in [2.75, 3.05) is 31.1 Å². The van der Waals surface area contributed by atoms with E-state index < -0.39 is 0 Å². The lowest BCUT2D eigenvalue weighted by atomic mass is 10.0. The number of anilines is 1. The van der Waals surface area contributed by atoms with Crippen LogP contribution in [0.5, 0.6) is 0 Å². The van der Waals surface area contributed by atoms with E-state index >= 15 is 0 Å². The summed E-state index contributed by atoms with van der Waals surface area (Å²) >= 11 is 0. The van der Waals surface area contributed by atoms with Crippen molar-refractivity contribution in [3.63, 3.8) is 0 Å². The van der Waals surface area contributed by atoms with Crippen LogP contribution in [0.3, 0.4) is 0 Å². The molecule has 0 atom stereocenters. The van der Waals surface area contributed by atoms with Gasteiger partial charge in [-0.05, 0) is 32.8 Å². The molecule has 1 amide bonds. The fourth-order valence-electron chi connectivity index (χ4n) is 3.81. The quantitative estimate of drug-likeness (QED) is 0.812. The molecule has 0 aliphatic carbocycles. The minimum atomic E-state index is 0.0483. The van der Waals surface area contributed by atoms with Crippen molar-refractivity contribution in [3.05, 3.63) is 52.5 Å². The fraction of sp³-hybridized carbons (Fsp3) is 0.522. The number of nitrogens with zero attached hydrogens (tertiary/aromatic N) is 4. The van der Waals surface area contributed by atoms with Gasteiger partial charge in [0, 0.05) is 49.8 Å². The molecular formula is C23H32N4O. The van der Waals surface area contributed by atoms with E-state index in [-0.39, 0.29) is 11.8 Å². The molecule has 1 aliphatic heterocycles. The lowest BCUT2D eigenvalue weighted by Gasteiger charge is -2.26. The van der Waals surface area contributed by atoms with Gasteiger partial charge in [0.2, 0.25) is 5.91 Å². The molecule has 150 valence electrons. The maximum atomic E-state index is 12.4.